The third kappa shape index (κ3) is 6.24. The fourth-order valence-electron chi connectivity index (χ4n) is 4.16. The summed E-state index contributed by atoms with van der Waals surface area (Å²) in [5, 5.41) is 5.84. The van der Waals surface area contributed by atoms with E-state index in [1.54, 1.807) is 31.4 Å². The molecule has 2 aromatic rings. The highest BCUT2D eigenvalue weighted by Crippen LogP contribution is 2.20. The van der Waals surface area contributed by atoms with E-state index in [9.17, 15) is 9.59 Å². The Labute approximate surface area is 194 Å². The van der Waals surface area contributed by atoms with Crippen LogP contribution in [-0.2, 0) is 9.53 Å². The number of benzene rings is 2. The number of carbonyl (C=O) groups excluding carboxylic acids is 2. The van der Waals surface area contributed by atoms with Crippen LogP contribution < -0.4 is 20.3 Å². The molecule has 2 aliphatic heterocycles. The summed E-state index contributed by atoms with van der Waals surface area (Å²) in [5.41, 5.74) is 2.45. The number of ether oxygens (including phenoxy) is 2. The summed E-state index contributed by atoms with van der Waals surface area (Å²) in [5.74, 6) is 0.631. The molecule has 2 N–H and O–H groups in total. The second kappa shape index (κ2) is 11.2. The van der Waals surface area contributed by atoms with E-state index >= 15 is 0 Å². The predicted molar refractivity (Wildman–Crippen MR) is 128 cm³/mol. The molecule has 2 aromatic carbocycles. The summed E-state index contributed by atoms with van der Waals surface area (Å²) >= 11 is 0. The molecule has 176 valence electrons. The zero-order chi connectivity index (χ0) is 23.0. The molecule has 2 saturated heterocycles. The monoisotopic (exact) mass is 452 g/mol. The Hall–Kier alpha value is -3.10. The first-order valence-corrected chi connectivity index (χ1v) is 11.5. The second-order valence-corrected chi connectivity index (χ2v) is 8.35. The van der Waals surface area contributed by atoms with Crippen molar-refractivity contribution in [3.05, 3.63) is 54.1 Å². The maximum Gasteiger partial charge on any atom is 0.253 e. The lowest BCUT2D eigenvalue weighted by atomic mass is 10.1. The van der Waals surface area contributed by atoms with Crippen molar-refractivity contribution in [1.29, 1.82) is 0 Å². The maximum absolute atomic E-state index is 12.5. The average Bonchev–Trinajstić information content (AvgIpc) is 3.40. The van der Waals surface area contributed by atoms with Crippen LogP contribution in [0.5, 0.6) is 5.75 Å². The van der Waals surface area contributed by atoms with Crippen LogP contribution in [0.15, 0.2) is 48.5 Å². The SMILES string of the molecule is COc1ccc(N2CCN(CCNC(=O)c3ccc(NC(=O)[C@@H]4CCCO4)cc3)CC2)cc1. The number of hydrogen-bond donors (Lipinski definition) is 2. The van der Waals surface area contributed by atoms with Gasteiger partial charge in [-0.05, 0) is 61.4 Å². The molecule has 4 rings (SSSR count). The Morgan fingerprint density at radius 2 is 1.76 bits per heavy atom. The Kier molecular flexibility index (Phi) is 7.80. The third-order valence-corrected chi connectivity index (χ3v) is 6.16. The molecular weight excluding hydrogens is 420 g/mol. The minimum absolute atomic E-state index is 0.108. The highest BCUT2D eigenvalue weighted by molar-refractivity contribution is 5.96. The molecule has 0 unspecified atom stereocenters. The van der Waals surface area contributed by atoms with E-state index in [1.165, 1.54) is 5.69 Å². The summed E-state index contributed by atoms with van der Waals surface area (Å²) in [6.45, 7) is 5.88. The van der Waals surface area contributed by atoms with Gasteiger partial charge in [-0.25, -0.2) is 0 Å². The lowest BCUT2D eigenvalue weighted by molar-refractivity contribution is -0.124. The summed E-state index contributed by atoms with van der Waals surface area (Å²) in [4.78, 5) is 29.3. The molecular formula is C25H32N4O4. The number of rotatable bonds is 8. The molecule has 8 heteroatoms. The number of anilines is 2. The molecule has 33 heavy (non-hydrogen) atoms. The molecule has 0 bridgehead atoms. The van der Waals surface area contributed by atoms with Crippen LogP contribution in [0.4, 0.5) is 11.4 Å². The van der Waals surface area contributed by atoms with E-state index in [0.29, 0.717) is 24.4 Å². The minimum Gasteiger partial charge on any atom is -0.497 e. The molecule has 8 nitrogen and oxygen atoms in total. The number of hydrogen-bond acceptors (Lipinski definition) is 6. The smallest absolute Gasteiger partial charge is 0.253 e. The summed E-state index contributed by atoms with van der Waals surface area (Å²) in [7, 11) is 1.68. The van der Waals surface area contributed by atoms with E-state index in [0.717, 1.165) is 51.3 Å². The fourth-order valence-corrected chi connectivity index (χ4v) is 4.16. The summed E-state index contributed by atoms with van der Waals surface area (Å²) in [6, 6.07) is 15.1. The summed E-state index contributed by atoms with van der Waals surface area (Å²) in [6.07, 6.45) is 1.30. The van der Waals surface area contributed by atoms with Gasteiger partial charge < -0.3 is 25.0 Å². The molecule has 0 saturated carbocycles. The minimum atomic E-state index is -0.369. The third-order valence-electron chi connectivity index (χ3n) is 6.16. The van der Waals surface area contributed by atoms with Gasteiger partial charge in [0.05, 0.1) is 7.11 Å². The van der Waals surface area contributed by atoms with Gasteiger partial charge in [-0.2, -0.15) is 0 Å². The normalized spacial score (nSPS) is 18.7. The van der Waals surface area contributed by atoms with Gasteiger partial charge >= 0.3 is 0 Å². The van der Waals surface area contributed by atoms with Gasteiger partial charge in [0.1, 0.15) is 11.9 Å². The Morgan fingerprint density at radius 1 is 1.03 bits per heavy atom. The van der Waals surface area contributed by atoms with Crippen LogP contribution in [-0.4, -0.2) is 75.8 Å². The van der Waals surface area contributed by atoms with Crippen molar-refractivity contribution in [2.45, 2.75) is 18.9 Å². The molecule has 0 aliphatic carbocycles. The van der Waals surface area contributed by atoms with E-state index in [4.69, 9.17) is 9.47 Å². The molecule has 0 aromatic heterocycles. The number of piperazine rings is 1. The van der Waals surface area contributed by atoms with Crippen molar-refractivity contribution in [3.8, 4) is 5.75 Å². The zero-order valence-electron chi connectivity index (χ0n) is 19.1. The zero-order valence-corrected chi connectivity index (χ0v) is 19.1. The van der Waals surface area contributed by atoms with Crippen LogP contribution in [0.2, 0.25) is 0 Å². The molecule has 0 radical (unpaired) electrons. The van der Waals surface area contributed by atoms with Crippen LogP contribution in [0.25, 0.3) is 0 Å². The van der Waals surface area contributed by atoms with Crippen molar-refractivity contribution in [1.82, 2.24) is 10.2 Å². The van der Waals surface area contributed by atoms with Crippen LogP contribution in [0.3, 0.4) is 0 Å². The number of nitrogens with zero attached hydrogens (tertiary/aromatic N) is 2. The Balaban J connectivity index is 1.16. The van der Waals surface area contributed by atoms with Gasteiger partial charge in [0, 0.05) is 62.8 Å². The van der Waals surface area contributed by atoms with Crippen LogP contribution in [0.1, 0.15) is 23.2 Å². The highest BCUT2D eigenvalue weighted by atomic mass is 16.5. The predicted octanol–water partition coefficient (Wildman–Crippen LogP) is 2.36. The molecule has 0 spiro atoms. The molecule has 2 aliphatic rings. The first kappa shape index (κ1) is 23.1. The van der Waals surface area contributed by atoms with E-state index < -0.39 is 0 Å². The molecule has 2 fully saturated rings. The first-order valence-electron chi connectivity index (χ1n) is 11.5. The van der Waals surface area contributed by atoms with Crippen molar-refractivity contribution in [2.75, 3.05) is 63.2 Å². The summed E-state index contributed by atoms with van der Waals surface area (Å²) < 4.78 is 10.6. The second-order valence-electron chi connectivity index (χ2n) is 8.35. The number of nitrogens with one attached hydrogen (secondary N) is 2. The first-order chi connectivity index (χ1) is 16.1. The van der Waals surface area contributed by atoms with Crippen molar-refractivity contribution < 1.29 is 19.1 Å². The highest BCUT2D eigenvalue weighted by Gasteiger charge is 2.23. The van der Waals surface area contributed by atoms with Gasteiger partial charge in [-0.3, -0.25) is 14.5 Å². The lowest BCUT2D eigenvalue weighted by Crippen LogP contribution is -2.48. The standard InChI is InChI=1S/C25H32N4O4/c1-32-22-10-8-21(9-11-22)29-16-14-28(15-17-29)13-12-26-24(30)19-4-6-20(7-5-19)27-25(31)23-3-2-18-33-23/h4-11,23H,2-3,12-18H2,1H3,(H,26,30)(H,27,31)/t23-/m0/s1. The Bertz CT molecular complexity index is 918. The molecule has 2 amide bonds. The van der Waals surface area contributed by atoms with E-state index in [-0.39, 0.29) is 17.9 Å². The fraction of sp³-hybridized carbons (Fsp3) is 0.440. The van der Waals surface area contributed by atoms with Gasteiger partial charge in [-0.1, -0.05) is 0 Å². The van der Waals surface area contributed by atoms with Crippen molar-refractivity contribution in [2.24, 2.45) is 0 Å². The van der Waals surface area contributed by atoms with Gasteiger partial charge in [0.15, 0.2) is 0 Å². The maximum atomic E-state index is 12.5. The quantitative estimate of drug-likeness (QED) is 0.640. The molecule has 1 atom stereocenters. The van der Waals surface area contributed by atoms with Gasteiger partial charge in [0.2, 0.25) is 0 Å². The van der Waals surface area contributed by atoms with E-state index in [1.807, 2.05) is 12.1 Å². The number of amides is 2. The van der Waals surface area contributed by atoms with Gasteiger partial charge in [0.25, 0.3) is 11.8 Å². The average molecular weight is 453 g/mol. The number of methoxy groups -OCH3 is 1. The topological polar surface area (TPSA) is 83.1 Å². The van der Waals surface area contributed by atoms with Crippen molar-refractivity contribution in [3.63, 3.8) is 0 Å². The largest absolute Gasteiger partial charge is 0.497 e. The number of carbonyl (C=O) groups is 2. The van der Waals surface area contributed by atoms with Crippen LogP contribution in [0, 0.1) is 0 Å². The Morgan fingerprint density at radius 3 is 2.39 bits per heavy atom. The van der Waals surface area contributed by atoms with Crippen molar-refractivity contribution >= 4 is 23.2 Å². The molecule has 2 heterocycles. The van der Waals surface area contributed by atoms with E-state index in [2.05, 4.69) is 32.6 Å². The lowest BCUT2D eigenvalue weighted by Gasteiger charge is -2.36. The van der Waals surface area contributed by atoms with Crippen LogP contribution >= 0.6 is 0 Å². The van der Waals surface area contributed by atoms with Gasteiger partial charge in [-0.15, -0.1) is 0 Å².